The molecule has 0 saturated heterocycles. The molecule has 35 heavy (non-hydrogen) atoms. The summed E-state index contributed by atoms with van der Waals surface area (Å²) in [5, 5.41) is 0.114. The zero-order valence-electron chi connectivity index (χ0n) is 20.6. The SMILES string of the molecule is CCOc1ccc(C2c3c(oc4ccc(F)cc4c3=O)C(=O)N2CCN(CC)CC)cc1OCC. The van der Waals surface area contributed by atoms with Crippen molar-refractivity contribution < 1.29 is 23.1 Å². The van der Waals surface area contributed by atoms with E-state index in [-0.39, 0.29) is 28.2 Å². The minimum atomic E-state index is -0.688. The van der Waals surface area contributed by atoms with Crippen molar-refractivity contribution in [2.45, 2.75) is 33.7 Å². The molecule has 0 fully saturated rings. The van der Waals surface area contributed by atoms with Crippen LogP contribution in [0.25, 0.3) is 11.0 Å². The lowest BCUT2D eigenvalue weighted by molar-refractivity contribution is 0.0708. The lowest BCUT2D eigenvalue weighted by Gasteiger charge is -2.28. The number of likely N-dealkylation sites (N-methyl/N-ethyl adjacent to an activating group) is 1. The molecule has 1 aromatic heterocycles. The third-order valence-corrected chi connectivity index (χ3v) is 6.36. The summed E-state index contributed by atoms with van der Waals surface area (Å²) >= 11 is 0. The molecule has 0 aliphatic carbocycles. The minimum Gasteiger partial charge on any atom is -0.490 e. The predicted molar refractivity (Wildman–Crippen MR) is 132 cm³/mol. The Kier molecular flexibility index (Phi) is 7.40. The van der Waals surface area contributed by atoms with Gasteiger partial charge in [0.2, 0.25) is 5.76 Å². The number of carbonyl (C=O) groups excluding carboxylic acids is 1. The highest BCUT2D eigenvalue weighted by Gasteiger charge is 2.43. The number of rotatable bonds is 10. The molecule has 4 rings (SSSR count). The summed E-state index contributed by atoms with van der Waals surface area (Å²) < 4.78 is 31.4. The van der Waals surface area contributed by atoms with Crippen molar-refractivity contribution >= 4 is 16.9 Å². The van der Waals surface area contributed by atoms with Crippen LogP contribution in [0.3, 0.4) is 0 Å². The first-order valence-corrected chi connectivity index (χ1v) is 12.1. The average Bonchev–Trinajstić information content (AvgIpc) is 3.13. The maximum absolute atomic E-state index is 14.0. The van der Waals surface area contributed by atoms with Crippen molar-refractivity contribution in [2.24, 2.45) is 0 Å². The molecular weight excluding hydrogens is 451 g/mol. The molecule has 0 spiro atoms. The summed E-state index contributed by atoms with van der Waals surface area (Å²) in [5.41, 5.74) is 0.705. The van der Waals surface area contributed by atoms with Gasteiger partial charge in [0.15, 0.2) is 16.9 Å². The number of ether oxygens (including phenoxy) is 2. The molecule has 3 aromatic rings. The van der Waals surface area contributed by atoms with E-state index in [4.69, 9.17) is 13.9 Å². The van der Waals surface area contributed by atoms with Crippen molar-refractivity contribution in [1.82, 2.24) is 9.80 Å². The molecule has 0 saturated carbocycles. The summed E-state index contributed by atoms with van der Waals surface area (Å²) in [5.74, 6) is 0.235. The Hall–Kier alpha value is -3.39. The van der Waals surface area contributed by atoms with E-state index >= 15 is 0 Å². The molecular formula is C27H31FN2O5. The Balaban J connectivity index is 1.88. The van der Waals surface area contributed by atoms with E-state index in [0.717, 1.165) is 19.2 Å². The van der Waals surface area contributed by atoms with E-state index in [2.05, 4.69) is 18.7 Å². The van der Waals surface area contributed by atoms with Crippen LogP contribution in [-0.2, 0) is 0 Å². The Labute approximate surface area is 204 Å². The fourth-order valence-corrected chi connectivity index (χ4v) is 4.60. The Morgan fingerprint density at radius 1 is 0.971 bits per heavy atom. The molecule has 2 heterocycles. The molecule has 0 radical (unpaired) electrons. The number of carbonyl (C=O) groups is 1. The third kappa shape index (κ3) is 4.62. The summed E-state index contributed by atoms with van der Waals surface area (Å²) in [4.78, 5) is 31.0. The van der Waals surface area contributed by atoms with Crippen LogP contribution in [0.5, 0.6) is 11.5 Å². The summed E-state index contributed by atoms with van der Waals surface area (Å²) in [6.45, 7) is 11.5. The highest BCUT2D eigenvalue weighted by Crippen LogP contribution is 2.41. The highest BCUT2D eigenvalue weighted by atomic mass is 19.1. The zero-order chi connectivity index (χ0) is 25.1. The van der Waals surface area contributed by atoms with E-state index in [1.54, 1.807) is 17.0 Å². The Morgan fingerprint density at radius 2 is 1.69 bits per heavy atom. The maximum atomic E-state index is 14.0. The lowest BCUT2D eigenvalue weighted by Crippen LogP contribution is -2.37. The first-order chi connectivity index (χ1) is 16.9. The van der Waals surface area contributed by atoms with E-state index in [9.17, 15) is 14.0 Å². The van der Waals surface area contributed by atoms with Crippen LogP contribution in [0.1, 0.15) is 55.4 Å². The third-order valence-electron chi connectivity index (χ3n) is 6.36. The molecule has 1 aliphatic rings. The standard InChI is InChI=1S/C27H31FN2O5/c1-5-29(6-2)13-14-30-24(17-9-11-21(33-7-3)22(15-17)34-8-4)23-25(31)19-16-18(28)10-12-20(19)35-26(23)27(30)32/h9-12,15-16,24H,5-8,13-14H2,1-4H3. The normalized spacial score (nSPS) is 15.2. The smallest absolute Gasteiger partial charge is 0.290 e. The number of nitrogens with zero attached hydrogens (tertiary/aromatic N) is 2. The first-order valence-electron chi connectivity index (χ1n) is 12.1. The van der Waals surface area contributed by atoms with Crippen LogP contribution < -0.4 is 14.9 Å². The molecule has 1 amide bonds. The van der Waals surface area contributed by atoms with E-state index in [1.165, 1.54) is 12.1 Å². The van der Waals surface area contributed by atoms with Gasteiger partial charge in [-0.3, -0.25) is 9.59 Å². The van der Waals surface area contributed by atoms with Gasteiger partial charge in [-0.25, -0.2) is 4.39 Å². The van der Waals surface area contributed by atoms with Crippen molar-refractivity contribution in [3.63, 3.8) is 0 Å². The predicted octanol–water partition coefficient (Wildman–Crippen LogP) is 4.62. The summed E-state index contributed by atoms with van der Waals surface area (Å²) in [6.07, 6.45) is 0. The second-order valence-corrected chi connectivity index (χ2v) is 8.31. The van der Waals surface area contributed by atoms with Gasteiger partial charge in [0.1, 0.15) is 11.4 Å². The quantitative estimate of drug-likeness (QED) is 0.420. The van der Waals surface area contributed by atoms with Gasteiger partial charge in [-0.2, -0.15) is 0 Å². The highest BCUT2D eigenvalue weighted by molar-refractivity contribution is 5.99. The van der Waals surface area contributed by atoms with Gasteiger partial charge in [-0.1, -0.05) is 19.9 Å². The van der Waals surface area contributed by atoms with Crippen molar-refractivity contribution in [3.8, 4) is 11.5 Å². The fourth-order valence-electron chi connectivity index (χ4n) is 4.60. The molecule has 2 aromatic carbocycles. The van der Waals surface area contributed by atoms with Crippen LogP contribution >= 0.6 is 0 Å². The topological polar surface area (TPSA) is 72.2 Å². The summed E-state index contributed by atoms with van der Waals surface area (Å²) in [7, 11) is 0. The first kappa shape index (κ1) is 24.7. The Bertz CT molecular complexity index is 1280. The van der Waals surface area contributed by atoms with Gasteiger partial charge in [0.05, 0.1) is 30.2 Å². The number of fused-ring (bicyclic) bond motifs is 2. The van der Waals surface area contributed by atoms with Gasteiger partial charge < -0.3 is 23.7 Å². The molecule has 1 unspecified atom stereocenters. The van der Waals surface area contributed by atoms with Crippen LogP contribution in [0.15, 0.2) is 45.6 Å². The molecule has 0 N–H and O–H groups in total. The summed E-state index contributed by atoms with van der Waals surface area (Å²) in [6, 6.07) is 8.50. The second kappa shape index (κ2) is 10.5. The number of hydrogen-bond acceptors (Lipinski definition) is 6. The zero-order valence-corrected chi connectivity index (χ0v) is 20.6. The van der Waals surface area contributed by atoms with Crippen LogP contribution in [-0.4, -0.2) is 55.1 Å². The molecule has 7 nitrogen and oxygen atoms in total. The lowest BCUT2D eigenvalue weighted by atomic mass is 9.98. The van der Waals surface area contributed by atoms with Crippen molar-refractivity contribution in [2.75, 3.05) is 39.4 Å². The second-order valence-electron chi connectivity index (χ2n) is 8.31. The van der Waals surface area contributed by atoms with Gasteiger partial charge >= 0.3 is 0 Å². The van der Waals surface area contributed by atoms with Crippen molar-refractivity contribution in [3.05, 3.63) is 69.3 Å². The molecule has 1 aliphatic heterocycles. The molecule has 1 atom stereocenters. The number of hydrogen-bond donors (Lipinski definition) is 0. The van der Waals surface area contributed by atoms with Gasteiger partial charge in [-0.05, 0) is 62.8 Å². The number of halogens is 1. The fraction of sp³-hybridized carbons (Fsp3) is 0.407. The average molecular weight is 483 g/mol. The monoisotopic (exact) mass is 482 g/mol. The van der Waals surface area contributed by atoms with Gasteiger partial charge in [0.25, 0.3) is 5.91 Å². The molecule has 0 bridgehead atoms. The number of benzene rings is 2. The van der Waals surface area contributed by atoms with Crippen LogP contribution in [0.4, 0.5) is 4.39 Å². The molecule has 8 heteroatoms. The van der Waals surface area contributed by atoms with E-state index < -0.39 is 17.3 Å². The van der Waals surface area contributed by atoms with E-state index in [0.29, 0.717) is 43.4 Å². The largest absolute Gasteiger partial charge is 0.490 e. The Morgan fingerprint density at radius 3 is 2.37 bits per heavy atom. The van der Waals surface area contributed by atoms with E-state index in [1.807, 2.05) is 19.9 Å². The van der Waals surface area contributed by atoms with Crippen LogP contribution in [0, 0.1) is 5.82 Å². The van der Waals surface area contributed by atoms with Gasteiger partial charge in [-0.15, -0.1) is 0 Å². The minimum absolute atomic E-state index is 0.00509. The van der Waals surface area contributed by atoms with Crippen molar-refractivity contribution in [1.29, 1.82) is 0 Å². The van der Waals surface area contributed by atoms with Gasteiger partial charge in [0, 0.05) is 13.1 Å². The molecule has 186 valence electrons. The number of amides is 1. The van der Waals surface area contributed by atoms with Crippen LogP contribution in [0.2, 0.25) is 0 Å². The maximum Gasteiger partial charge on any atom is 0.290 e.